The lowest BCUT2D eigenvalue weighted by molar-refractivity contribution is -0.140. The molecule has 4 N–H and O–H groups in total. The maximum atomic E-state index is 14.5. The van der Waals surface area contributed by atoms with Crippen molar-refractivity contribution in [1.82, 2.24) is 19.9 Å². The van der Waals surface area contributed by atoms with Crippen LogP contribution in [0.15, 0.2) is 48.7 Å². The van der Waals surface area contributed by atoms with Crippen LogP contribution in [0.25, 0.3) is 22.3 Å². The molecule has 1 amide bonds. The van der Waals surface area contributed by atoms with Crippen molar-refractivity contribution in [3.05, 3.63) is 65.1 Å². The van der Waals surface area contributed by atoms with E-state index in [0.29, 0.717) is 36.3 Å². The minimum atomic E-state index is -0.565. The fourth-order valence-corrected chi connectivity index (χ4v) is 4.44. The van der Waals surface area contributed by atoms with Crippen LogP contribution in [0.5, 0.6) is 5.88 Å². The Morgan fingerprint density at radius 3 is 2.81 bits per heavy atom. The second-order valence-electron chi connectivity index (χ2n) is 8.39. The number of aromatic nitrogens is 3. The number of nitrogens with one attached hydrogen (secondary N) is 2. The Hall–Kier alpha value is -3.73. The molecule has 1 aliphatic heterocycles. The minimum Gasteiger partial charge on any atom is -0.494 e. The number of amides is 1. The van der Waals surface area contributed by atoms with Gasteiger partial charge >= 0.3 is 0 Å². The Balaban J connectivity index is 1.40. The maximum Gasteiger partial charge on any atom is 0.227 e. The van der Waals surface area contributed by atoms with Gasteiger partial charge in [0.05, 0.1) is 48.4 Å². The summed E-state index contributed by atoms with van der Waals surface area (Å²) in [4.78, 5) is 25.9. The average molecular weight is 512 g/mol. The van der Waals surface area contributed by atoms with E-state index in [0.717, 1.165) is 5.56 Å². The maximum absolute atomic E-state index is 14.5. The number of fused-ring (bicyclic) bond motifs is 1. The zero-order chi connectivity index (χ0) is 25.2. The summed E-state index contributed by atoms with van der Waals surface area (Å²) in [6, 6.07) is 11.1. The normalized spacial score (nSPS) is 15.9. The van der Waals surface area contributed by atoms with Crippen molar-refractivity contribution < 1.29 is 24.1 Å². The van der Waals surface area contributed by atoms with Crippen LogP contribution < -0.4 is 5.32 Å². The van der Waals surface area contributed by atoms with Gasteiger partial charge in [0.15, 0.2) is 5.82 Å². The molecule has 11 heteroatoms. The SMILES string of the molecule is O=C(Cc1ccc(Nc2nc(-c3c(F)cccc3Cl)nc3c[nH]c(O)c23)cc1)N1CCOCC1CO. The highest BCUT2D eigenvalue weighted by molar-refractivity contribution is 6.33. The van der Waals surface area contributed by atoms with E-state index in [1.54, 1.807) is 35.2 Å². The lowest BCUT2D eigenvalue weighted by Gasteiger charge is -2.34. The topological polar surface area (TPSA) is 124 Å². The van der Waals surface area contributed by atoms with E-state index in [1.165, 1.54) is 18.3 Å². The van der Waals surface area contributed by atoms with Crippen molar-refractivity contribution in [1.29, 1.82) is 0 Å². The standard InChI is InChI=1S/C25H23ClFN5O4/c26-17-2-1-3-18(27)21(17)23-30-19-11-28-25(35)22(19)24(31-23)29-15-6-4-14(5-7-15)10-20(34)32-8-9-36-13-16(32)12-33/h1-7,11,16,28,33,35H,8-10,12-13H2,(H,29,30,31). The largest absolute Gasteiger partial charge is 0.494 e. The Bertz CT molecular complexity index is 1390. The van der Waals surface area contributed by atoms with Crippen LogP contribution in [0.2, 0.25) is 5.02 Å². The second kappa shape index (κ2) is 10.1. The van der Waals surface area contributed by atoms with Gasteiger partial charge in [0.1, 0.15) is 17.0 Å². The number of halogens is 2. The van der Waals surface area contributed by atoms with Crippen LogP contribution >= 0.6 is 11.6 Å². The molecular weight excluding hydrogens is 489 g/mol. The molecule has 2 aromatic heterocycles. The highest BCUT2D eigenvalue weighted by atomic mass is 35.5. The summed E-state index contributed by atoms with van der Waals surface area (Å²) in [6.45, 7) is 1.07. The number of nitrogens with zero attached hydrogens (tertiary/aromatic N) is 3. The lowest BCUT2D eigenvalue weighted by Crippen LogP contribution is -2.51. The van der Waals surface area contributed by atoms with E-state index in [9.17, 15) is 19.4 Å². The quantitative estimate of drug-likeness (QED) is 0.311. The van der Waals surface area contributed by atoms with Gasteiger partial charge in [0.25, 0.3) is 0 Å². The van der Waals surface area contributed by atoms with Crippen LogP contribution in [-0.4, -0.2) is 68.4 Å². The molecule has 5 rings (SSSR count). The molecule has 1 fully saturated rings. The number of benzene rings is 2. The molecule has 9 nitrogen and oxygen atoms in total. The van der Waals surface area contributed by atoms with E-state index >= 15 is 0 Å². The first-order chi connectivity index (χ1) is 17.4. The number of rotatable bonds is 6. The van der Waals surface area contributed by atoms with Gasteiger partial charge in [-0.3, -0.25) is 4.79 Å². The third-order valence-electron chi connectivity index (χ3n) is 6.04. The number of aromatic hydroxyl groups is 1. The third-order valence-corrected chi connectivity index (χ3v) is 6.35. The van der Waals surface area contributed by atoms with Crippen molar-refractivity contribution in [3.8, 4) is 17.3 Å². The second-order valence-corrected chi connectivity index (χ2v) is 8.79. The van der Waals surface area contributed by atoms with Gasteiger partial charge in [-0.1, -0.05) is 29.8 Å². The van der Waals surface area contributed by atoms with Gasteiger partial charge in [-0.25, -0.2) is 14.4 Å². The third kappa shape index (κ3) is 4.70. The van der Waals surface area contributed by atoms with Crippen LogP contribution in [0, 0.1) is 5.82 Å². The molecule has 186 valence electrons. The van der Waals surface area contributed by atoms with Crippen LogP contribution in [0.3, 0.4) is 0 Å². The number of aliphatic hydroxyl groups is 1. The lowest BCUT2D eigenvalue weighted by atomic mass is 10.1. The molecule has 0 bridgehead atoms. The molecule has 4 aromatic rings. The summed E-state index contributed by atoms with van der Waals surface area (Å²) in [5.41, 5.74) is 1.87. The number of H-pyrrole nitrogens is 1. The van der Waals surface area contributed by atoms with Gasteiger partial charge in [-0.2, -0.15) is 0 Å². The number of morpholine rings is 1. The molecular formula is C25H23ClFN5O4. The zero-order valence-corrected chi connectivity index (χ0v) is 19.8. The number of aliphatic hydroxyl groups excluding tert-OH is 1. The van der Waals surface area contributed by atoms with E-state index in [1.807, 2.05) is 0 Å². The summed E-state index contributed by atoms with van der Waals surface area (Å²) in [7, 11) is 0. The van der Waals surface area contributed by atoms with Crippen molar-refractivity contribution >= 4 is 39.9 Å². The van der Waals surface area contributed by atoms with E-state index in [4.69, 9.17) is 16.3 Å². The number of ether oxygens (including phenoxy) is 1. The number of aromatic amines is 1. The van der Waals surface area contributed by atoms with Crippen LogP contribution in [-0.2, 0) is 16.0 Å². The molecule has 0 aliphatic carbocycles. The zero-order valence-electron chi connectivity index (χ0n) is 19.0. The Labute approximate surface area is 210 Å². The van der Waals surface area contributed by atoms with Crippen molar-refractivity contribution in [3.63, 3.8) is 0 Å². The highest BCUT2D eigenvalue weighted by Crippen LogP contribution is 2.35. The van der Waals surface area contributed by atoms with Gasteiger partial charge in [-0.05, 0) is 29.8 Å². The molecule has 1 unspecified atom stereocenters. The summed E-state index contributed by atoms with van der Waals surface area (Å²) >= 11 is 6.22. The first kappa shape index (κ1) is 24.0. The number of anilines is 2. The molecule has 1 aliphatic rings. The van der Waals surface area contributed by atoms with E-state index in [-0.39, 0.29) is 53.1 Å². The molecule has 3 heterocycles. The smallest absolute Gasteiger partial charge is 0.227 e. The van der Waals surface area contributed by atoms with Crippen molar-refractivity contribution in [2.75, 3.05) is 31.7 Å². The Morgan fingerprint density at radius 1 is 1.25 bits per heavy atom. The molecule has 36 heavy (non-hydrogen) atoms. The van der Waals surface area contributed by atoms with Crippen molar-refractivity contribution in [2.24, 2.45) is 0 Å². The van der Waals surface area contributed by atoms with Gasteiger partial charge < -0.3 is 30.2 Å². The summed E-state index contributed by atoms with van der Waals surface area (Å²) in [5.74, 6) is -0.455. The predicted molar refractivity (Wildman–Crippen MR) is 133 cm³/mol. The fourth-order valence-electron chi connectivity index (χ4n) is 4.19. The van der Waals surface area contributed by atoms with Gasteiger partial charge in [0.2, 0.25) is 11.8 Å². The average Bonchev–Trinajstić information content (AvgIpc) is 3.26. The Kier molecular flexibility index (Phi) is 6.73. The summed E-state index contributed by atoms with van der Waals surface area (Å²) in [5, 5.41) is 23.5. The number of carbonyl (C=O) groups is 1. The van der Waals surface area contributed by atoms with Gasteiger partial charge in [0, 0.05) is 18.4 Å². The highest BCUT2D eigenvalue weighted by Gasteiger charge is 2.26. The predicted octanol–water partition coefficient (Wildman–Crippen LogP) is 3.63. The fraction of sp³-hybridized carbons (Fsp3) is 0.240. The minimum absolute atomic E-state index is 0.0583. The summed E-state index contributed by atoms with van der Waals surface area (Å²) < 4.78 is 19.9. The first-order valence-corrected chi connectivity index (χ1v) is 11.7. The number of hydrogen-bond donors (Lipinski definition) is 4. The molecule has 2 aromatic carbocycles. The first-order valence-electron chi connectivity index (χ1n) is 11.3. The molecule has 1 atom stereocenters. The monoisotopic (exact) mass is 511 g/mol. The Morgan fingerprint density at radius 2 is 2.06 bits per heavy atom. The molecule has 0 radical (unpaired) electrons. The molecule has 0 spiro atoms. The summed E-state index contributed by atoms with van der Waals surface area (Å²) in [6.07, 6.45) is 1.68. The van der Waals surface area contributed by atoms with Crippen molar-refractivity contribution in [2.45, 2.75) is 12.5 Å². The van der Waals surface area contributed by atoms with Gasteiger partial charge in [-0.15, -0.1) is 0 Å². The van der Waals surface area contributed by atoms with E-state index in [2.05, 4.69) is 20.3 Å². The van der Waals surface area contributed by atoms with E-state index < -0.39 is 5.82 Å². The number of hydrogen-bond acceptors (Lipinski definition) is 7. The number of carbonyl (C=O) groups excluding carboxylic acids is 1. The molecule has 1 saturated heterocycles. The molecule has 0 saturated carbocycles. The van der Waals surface area contributed by atoms with Crippen LogP contribution in [0.1, 0.15) is 5.56 Å². The van der Waals surface area contributed by atoms with Crippen LogP contribution in [0.4, 0.5) is 15.9 Å².